The Bertz CT molecular complexity index is 705. The van der Waals surface area contributed by atoms with Gasteiger partial charge in [0.2, 0.25) is 0 Å². The van der Waals surface area contributed by atoms with Crippen molar-refractivity contribution < 1.29 is 14.2 Å². The van der Waals surface area contributed by atoms with Gasteiger partial charge in [-0.05, 0) is 25.0 Å². The van der Waals surface area contributed by atoms with Crippen LogP contribution in [-0.4, -0.2) is 59.3 Å². The number of ether oxygens (including phenoxy) is 3. The van der Waals surface area contributed by atoms with Gasteiger partial charge in [0, 0.05) is 19.6 Å². The van der Waals surface area contributed by atoms with E-state index >= 15 is 0 Å². The molecule has 0 unspecified atom stereocenters. The number of rotatable bonds is 6. The predicted molar refractivity (Wildman–Crippen MR) is 91.8 cm³/mol. The largest absolute Gasteiger partial charge is 0.493 e. The molecule has 0 amide bonds. The van der Waals surface area contributed by atoms with Crippen LogP contribution in [0.1, 0.15) is 24.6 Å². The fourth-order valence-corrected chi connectivity index (χ4v) is 3.66. The van der Waals surface area contributed by atoms with Crippen LogP contribution in [0.5, 0.6) is 11.5 Å². The van der Waals surface area contributed by atoms with Crippen molar-refractivity contribution >= 4 is 0 Å². The molecular formula is C18H24N4O3. The number of hydrogen-bond donors (Lipinski definition) is 0. The number of hydrogen-bond acceptors (Lipinski definition) is 6. The van der Waals surface area contributed by atoms with E-state index in [1.807, 2.05) is 24.3 Å². The van der Waals surface area contributed by atoms with E-state index in [0.29, 0.717) is 19.3 Å². The Kier molecular flexibility index (Phi) is 4.85. The van der Waals surface area contributed by atoms with E-state index in [1.54, 1.807) is 13.3 Å². The normalized spacial score (nSPS) is 22.9. The van der Waals surface area contributed by atoms with E-state index in [1.165, 1.54) is 0 Å². The first-order chi connectivity index (χ1) is 12.3. The van der Waals surface area contributed by atoms with Gasteiger partial charge in [-0.1, -0.05) is 17.3 Å². The average Bonchev–Trinajstić information content (AvgIpc) is 3.14. The maximum Gasteiger partial charge on any atom is 0.161 e. The van der Waals surface area contributed by atoms with Crippen LogP contribution in [0.3, 0.4) is 0 Å². The highest BCUT2D eigenvalue weighted by Gasteiger charge is 2.35. The minimum absolute atomic E-state index is 0.207. The first-order valence-corrected chi connectivity index (χ1v) is 8.84. The molecule has 0 bridgehead atoms. The van der Waals surface area contributed by atoms with Gasteiger partial charge in [-0.2, -0.15) is 0 Å². The SMILES string of the molecule is COc1ccccc1OCCCN1CC[C@H]2[C@H](C1)OCc1cnnn12. The number of likely N-dealkylation sites (tertiary alicyclic amines) is 1. The van der Waals surface area contributed by atoms with Gasteiger partial charge in [0.1, 0.15) is 0 Å². The Morgan fingerprint density at radius 2 is 2.16 bits per heavy atom. The summed E-state index contributed by atoms with van der Waals surface area (Å²) in [5.74, 6) is 1.58. The van der Waals surface area contributed by atoms with E-state index in [9.17, 15) is 0 Å². The molecule has 0 radical (unpaired) electrons. The second kappa shape index (κ2) is 7.41. The van der Waals surface area contributed by atoms with Crippen molar-refractivity contribution in [1.82, 2.24) is 19.9 Å². The van der Waals surface area contributed by atoms with Crippen LogP contribution in [0.4, 0.5) is 0 Å². The summed E-state index contributed by atoms with van der Waals surface area (Å²) in [6, 6.07) is 8.09. The third kappa shape index (κ3) is 3.48. The molecule has 0 spiro atoms. The maximum absolute atomic E-state index is 6.01. The zero-order valence-corrected chi connectivity index (χ0v) is 14.5. The van der Waals surface area contributed by atoms with Gasteiger partial charge >= 0.3 is 0 Å². The molecule has 0 saturated carbocycles. The lowest BCUT2D eigenvalue weighted by Gasteiger charge is -2.41. The van der Waals surface area contributed by atoms with Crippen LogP contribution in [0.15, 0.2) is 30.5 Å². The third-order valence-electron chi connectivity index (χ3n) is 4.96. The molecule has 25 heavy (non-hydrogen) atoms. The molecule has 1 aromatic heterocycles. The summed E-state index contributed by atoms with van der Waals surface area (Å²) < 4.78 is 19.2. The van der Waals surface area contributed by atoms with E-state index in [4.69, 9.17) is 14.2 Å². The third-order valence-corrected chi connectivity index (χ3v) is 4.96. The number of methoxy groups -OCH3 is 1. The fourth-order valence-electron chi connectivity index (χ4n) is 3.66. The van der Waals surface area contributed by atoms with Gasteiger partial charge in [0.15, 0.2) is 11.5 Å². The summed E-state index contributed by atoms with van der Waals surface area (Å²) >= 11 is 0. The summed E-state index contributed by atoms with van der Waals surface area (Å²) in [7, 11) is 1.66. The molecule has 0 N–H and O–H groups in total. The van der Waals surface area contributed by atoms with Crippen molar-refractivity contribution in [3.63, 3.8) is 0 Å². The first kappa shape index (κ1) is 16.4. The highest BCUT2D eigenvalue weighted by Crippen LogP contribution is 2.30. The summed E-state index contributed by atoms with van der Waals surface area (Å²) in [5, 5.41) is 8.24. The molecule has 2 aliphatic rings. The predicted octanol–water partition coefficient (Wildman–Crippen LogP) is 1.90. The van der Waals surface area contributed by atoms with Crippen LogP contribution in [0, 0.1) is 0 Å². The van der Waals surface area contributed by atoms with E-state index in [0.717, 1.165) is 49.7 Å². The highest BCUT2D eigenvalue weighted by atomic mass is 16.5. The molecule has 4 rings (SSSR count). The highest BCUT2D eigenvalue weighted by molar-refractivity contribution is 5.39. The Balaban J connectivity index is 1.24. The standard InChI is InChI=1S/C18H24N4O3/c1-23-16-5-2-3-6-17(16)24-10-4-8-21-9-7-15-18(12-21)25-13-14-11-19-20-22(14)15/h2-3,5-6,11,15,18H,4,7-10,12-13H2,1H3/t15-,18-/m0/s1. The average molecular weight is 344 g/mol. The molecule has 0 aliphatic carbocycles. The van der Waals surface area contributed by atoms with Crippen molar-refractivity contribution in [2.45, 2.75) is 31.6 Å². The zero-order valence-electron chi connectivity index (χ0n) is 14.5. The summed E-state index contributed by atoms with van der Waals surface area (Å²) in [6.07, 6.45) is 4.04. The molecule has 1 fully saturated rings. The Morgan fingerprint density at radius 3 is 3.04 bits per heavy atom. The van der Waals surface area contributed by atoms with Crippen LogP contribution in [-0.2, 0) is 11.3 Å². The number of aromatic nitrogens is 3. The van der Waals surface area contributed by atoms with Gasteiger partial charge in [0.25, 0.3) is 0 Å². The lowest BCUT2D eigenvalue weighted by Crippen LogP contribution is -2.48. The molecule has 134 valence electrons. The van der Waals surface area contributed by atoms with Gasteiger partial charge in [-0.3, -0.25) is 0 Å². The van der Waals surface area contributed by atoms with Crippen molar-refractivity contribution in [1.29, 1.82) is 0 Å². The van der Waals surface area contributed by atoms with E-state index in [2.05, 4.69) is 19.9 Å². The van der Waals surface area contributed by atoms with Crippen LogP contribution in [0.2, 0.25) is 0 Å². The van der Waals surface area contributed by atoms with Crippen molar-refractivity contribution in [2.24, 2.45) is 0 Å². The molecule has 2 atom stereocenters. The lowest BCUT2D eigenvalue weighted by atomic mass is 10.00. The molecule has 2 aromatic rings. The van der Waals surface area contributed by atoms with Crippen molar-refractivity contribution in [3.05, 3.63) is 36.2 Å². The quantitative estimate of drug-likeness (QED) is 0.746. The first-order valence-electron chi connectivity index (χ1n) is 8.84. The second-order valence-corrected chi connectivity index (χ2v) is 6.53. The number of para-hydroxylation sites is 2. The molecule has 1 aromatic carbocycles. The van der Waals surface area contributed by atoms with Gasteiger partial charge in [-0.25, -0.2) is 4.68 Å². The number of benzene rings is 1. The van der Waals surface area contributed by atoms with E-state index < -0.39 is 0 Å². The maximum atomic E-state index is 6.01. The smallest absolute Gasteiger partial charge is 0.161 e. The molecule has 3 heterocycles. The molecular weight excluding hydrogens is 320 g/mol. The monoisotopic (exact) mass is 344 g/mol. The summed E-state index contributed by atoms with van der Waals surface area (Å²) in [5.41, 5.74) is 1.08. The van der Waals surface area contributed by atoms with Crippen LogP contribution >= 0.6 is 0 Å². The number of piperidine rings is 1. The van der Waals surface area contributed by atoms with Crippen molar-refractivity contribution in [3.8, 4) is 11.5 Å². The fraction of sp³-hybridized carbons (Fsp3) is 0.556. The zero-order chi connectivity index (χ0) is 17.1. The Morgan fingerprint density at radius 1 is 1.28 bits per heavy atom. The second-order valence-electron chi connectivity index (χ2n) is 6.53. The minimum Gasteiger partial charge on any atom is -0.493 e. The van der Waals surface area contributed by atoms with Crippen LogP contribution < -0.4 is 9.47 Å². The van der Waals surface area contributed by atoms with Gasteiger partial charge in [-0.15, -0.1) is 5.10 Å². The number of fused-ring (bicyclic) bond motifs is 3. The molecule has 1 saturated heterocycles. The van der Waals surface area contributed by atoms with Crippen LogP contribution in [0.25, 0.3) is 0 Å². The van der Waals surface area contributed by atoms with Gasteiger partial charge in [0.05, 0.1) is 44.4 Å². The van der Waals surface area contributed by atoms with Crippen molar-refractivity contribution in [2.75, 3.05) is 33.4 Å². The van der Waals surface area contributed by atoms with E-state index in [-0.39, 0.29) is 6.10 Å². The molecule has 7 nitrogen and oxygen atoms in total. The summed E-state index contributed by atoms with van der Waals surface area (Å²) in [6.45, 7) is 4.29. The number of nitrogens with zero attached hydrogens (tertiary/aromatic N) is 4. The Labute approximate surface area is 147 Å². The van der Waals surface area contributed by atoms with Gasteiger partial charge < -0.3 is 19.1 Å². The topological polar surface area (TPSA) is 61.6 Å². The molecule has 2 aliphatic heterocycles. The molecule has 7 heteroatoms. The summed E-state index contributed by atoms with van der Waals surface area (Å²) in [4.78, 5) is 2.45. The lowest BCUT2D eigenvalue weighted by molar-refractivity contribution is -0.0692. The Hall–Kier alpha value is -2.12. The minimum atomic E-state index is 0.207.